The van der Waals surface area contributed by atoms with Crippen LogP contribution in [0.25, 0.3) is 0 Å². The number of thiocarbonyl (C=S) groups is 1. The molecule has 1 unspecified atom stereocenters. The van der Waals surface area contributed by atoms with Crippen LogP contribution in [-0.4, -0.2) is 29.8 Å². The molecule has 0 radical (unpaired) electrons. The zero-order valence-corrected chi connectivity index (χ0v) is 17.2. The first-order valence-electron chi connectivity index (χ1n) is 8.99. The normalized spacial score (nSPS) is 15.9. The van der Waals surface area contributed by atoms with Crippen LogP contribution in [0.3, 0.4) is 0 Å². The van der Waals surface area contributed by atoms with Crippen molar-refractivity contribution in [2.45, 2.75) is 38.8 Å². The lowest BCUT2D eigenvalue weighted by atomic mass is 9.99. The molecule has 6 nitrogen and oxygen atoms in total. The fraction of sp³-hybridized carbons (Fsp3) is 0.333. The SMILES string of the molecule is COc1cccc(Oc2ccc3c(c2)CC(NC(=O)OC(C)(C)C)C(=S)N3)c1. The van der Waals surface area contributed by atoms with Crippen LogP contribution in [-0.2, 0) is 11.2 Å². The molecule has 2 N–H and O–H groups in total. The fourth-order valence-electron chi connectivity index (χ4n) is 2.82. The summed E-state index contributed by atoms with van der Waals surface area (Å²) in [7, 11) is 1.62. The van der Waals surface area contributed by atoms with Gasteiger partial charge in [-0.25, -0.2) is 4.79 Å². The van der Waals surface area contributed by atoms with E-state index in [1.807, 2.05) is 63.2 Å². The third-order valence-corrected chi connectivity index (χ3v) is 4.43. The molecular formula is C21H24N2O4S. The molecule has 148 valence electrons. The van der Waals surface area contributed by atoms with E-state index < -0.39 is 11.7 Å². The molecule has 1 amide bonds. The summed E-state index contributed by atoms with van der Waals surface area (Å²) in [6, 6.07) is 12.8. The van der Waals surface area contributed by atoms with Gasteiger partial charge in [-0.05, 0) is 56.7 Å². The van der Waals surface area contributed by atoms with Gasteiger partial charge in [-0.1, -0.05) is 18.3 Å². The maximum absolute atomic E-state index is 12.1. The molecule has 0 aromatic heterocycles. The number of carbonyl (C=O) groups is 1. The molecule has 2 aromatic carbocycles. The van der Waals surface area contributed by atoms with Crippen molar-refractivity contribution in [1.82, 2.24) is 5.32 Å². The maximum atomic E-state index is 12.1. The van der Waals surface area contributed by atoms with E-state index in [0.717, 1.165) is 17.0 Å². The number of anilines is 1. The highest BCUT2D eigenvalue weighted by molar-refractivity contribution is 7.80. The lowest BCUT2D eigenvalue weighted by Gasteiger charge is -2.29. The summed E-state index contributed by atoms with van der Waals surface area (Å²) in [5, 5.41) is 6.00. The average molecular weight is 401 g/mol. The molecule has 1 heterocycles. The Morgan fingerprint density at radius 1 is 1.14 bits per heavy atom. The van der Waals surface area contributed by atoms with Gasteiger partial charge >= 0.3 is 6.09 Å². The maximum Gasteiger partial charge on any atom is 0.408 e. The van der Waals surface area contributed by atoms with E-state index >= 15 is 0 Å². The van der Waals surface area contributed by atoms with Crippen LogP contribution in [0.4, 0.5) is 10.5 Å². The van der Waals surface area contributed by atoms with Crippen molar-refractivity contribution in [3.05, 3.63) is 48.0 Å². The van der Waals surface area contributed by atoms with E-state index in [2.05, 4.69) is 10.6 Å². The number of alkyl carbamates (subject to hydrolysis) is 1. The van der Waals surface area contributed by atoms with E-state index in [1.165, 1.54) is 0 Å². The number of nitrogens with one attached hydrogen (secondary N) is 2. The highest BCUT2D eigenvalue weighted by atomic mass is 32.1. The Bertz CT molecular complexity index is 892. The Morgan fingerprint density at radius 3 is 2.57 bits per heavy atom. The predicted molar refractivity (Wildman–Crippen MR) is 113 cm³/mol. The second kappa shape index (κ2) is 8.06. The van der Waals surface area contributed by atoms with Crippen molar-refractivity contribution < 1.29 is 19.0 Å². The summed E-state index contributed by atoms with van der Waals surface area (Å²) in [6.45, 7) is 5.46. The van der Waals surface area contributed by atoms with Crippen LogP contribution in [0.1, 0.15) is 26.3 Å². The van der Waals surface area contributed by atoms with Crippen LogP contribution >= 0.6 is 12.2 Å². The molecule has 7 heteroatoms. The monoisotopic (exact) mass is 400 g/mol. The Morgan fingerprint density at radius 2 is 1.86 bits per heavy atom. The molecule has 1 aliphatic heterocycles. The van der Waals surface area contributed by atoms with E-state index in [1.54, 1.807) is 7.11 Å². The quantitative estimate of drug-likeness (QED) is 0.727. The van der Waals surface area contributed by atoms with Crippen LogP contribution < -0.4 is 20.1 Å². The molecule has 3 rings (SSSR count). The van der Waals surface area contributed by atoms with Gasteiger partial charge in [-0.15, -0.1) is 0 Å². The van der Waals surface area contributed by atoms with E-state index in [9.17, 15) is 4.79 Å². The number of carbonyl (C=O) groups excluding carboxylic acids is 1. The molecule has 1 atom stereocenters. The van der Waals surface area contributed by atoms with Crippen molar-refractivity contribution in [3.8, 4) is 17.2 Å². The molecule has 0 spiro atoms. The minimum Gasteiger partial charge on any atom is -0.497 e. The minimum absolute atomic E-state index is 0.343. The summed E-state index contributed by atoms with van der Waals surface area (Å²) in [4.78, 5) is 12.7. The molecule has 1 aliphatic rings. The number of fused-ring (bicyclic) bond motifs is 1. The first-order valence-corrected chi connectivity index (χ1v) is 9.39. The number of hydrogen-bond acceptors (Lipinski definition) is 5. The van der Waals surface area contributed by atoms with E-state index in [4.69, 9.17) is 26.4 Å². The summed E-state index contributed by atoms with van der Waals surface area (Å²) >= 11 is 5.40. The van der Waals surface area contributed by atoms with Gasteiger partial charge in [-0.3, -0.25) is 0 Å². The van der Waals surface area contributed by atoms with Crippen LogP contribution in [0.2, 0.25) is 0 Å². The molecule has 0 aliphatic carbocycles. The summed E-state index contributed by atoms with van der Waals surface area (Å²) in [6.07, 6.45) is 0.0595. The molecule has 0 bridgehead atoms. The molecule has 2 aromatic rings. The van der Waals surface area contributed by atoms with Gasteiger partial charge < -0.3 is 24.8 Å². The molecule has 0 saturated carbocycles. The third kappa shape index (κ3) is 5.13. The highest BCUT2D eigenvalue weighted by Crippen LogP contribution is 2.31. The van der Waals surface area contributed by atoms with Gasteiger partial charge in [0.05, 0.1) is 13.2 Å². The Kier molecular flexibility index (Phi) is 5.74. The van der Waals surface area contributed by atoms with Gasteiger partial charge in [-0.2, -0.15) is 0 Å². The summed E-state index contributed by atoms with van der Waals surface area (Å²) in [5.74, 6) is 2.10. The van der Waals surface area contributed by atoms with Crippen molar-refractivity contribution in [1.29, 1.82) is 0 Å². The Labute approximate surface area is 170 Å². The molecular weight excluding hydrogens is 376 g/mol. The largest absolute Gasteiger partial charge is 0.497 e. The van der Waals surface area contributed by atoms with Crippen LogP contribution in [0.15, 0.2) is 42.5 Å². The van der Waals surface area contributed by atoms with Crippen molar-refractivity contribution in [2.24, 2.45) is 0 Å². The number of benzene rings is 2. The van der Waals surface area contributed by atoms with Crippen molar-refractivity contribution in [2.75, 3.05) is 12.4 Å². The molecule has 28 heavy (non-hydrogen) atoms. The third-order valence-electron chi connectivity index (χ3n) is 4.04. The van der Waals surface area contributed by atoms with Crippen LogP contribution in [0, 0.1) is 0 Å². The van der Waals surface area contributed by atoms with Gasteiger partial charge in [0.1, 0.15) is 27.8 Å². The second-order valence-electron chi connectivity index (χ2n) is 7.49. The van der Waals surface area contributed by atoms with E-state index in [-0.39, 0.29) is 6.04 Å². The zero-order chi connectivity index (χ0) is 20.3. The topological polar surface area (TPSA) is 68.8 Å². The summed E-state index contributed by atoms with van der Waals surface area (Å²) in [5.41, 5.74) is 1.34. The first kappa shape index (κ1) is 19.9. The van der Waals surface area contributed by atoms with Gasteiger partial charge in [0.15, 0.2) is 0 Å². The van der Waals surface area contributed by atoms with Gasteiger partial charge in [0, 0.05) is 18.2 Å². The lowest BCUT2D eigenvalue weighted by Crippen LogP contribution is -2.48. The highest BCUT2D eigenvalue weighted by Gasteiger charge is 2.27. The number of amides is 1. The lowest BCUT2D eigenvalue weighted by molar-refractivity contribution is 0.0518. The van der Waals surface area contributed by atoms with Crippen LogP contribution in [0.5, 0.6) is 17.2 Å². The Balaban J connectivity index is 1.72. The number of methoxy groups -OCH3 is 1. The van der Waals surface area contributed by atoms with E-state index in [0.29, 0.717) is 22.9 Å². The summed E-state index contributed by atoms with van der Waals surface area (Å²) < 4.78 is 16.5. The average Bonchev–Trinajstić information content (AvgIpc) is 2.61. The van der Waals surface area contributed by atoms with Gasteiger partial charge in [0.25, 0.3) is 0 Å². The number of hydrogen-bond donors (Lipinski definition) is 2. The first-order chi connectivity index (χ1) is 13.2. The minimum atomic E-state index is -0.566. The van der Waals surface area contributed by atoms with Crippen molar-refractivity contribution in [3.63, 3.8) is 0 Å². The standard InChI is InChI=1S/C21H24N2O4S/c1-21(2,3)27-20(24)23-18-11-13-10-16(8-9-17(13)22-19(18)28)26-15-7-5-6-14(12-15)25-4/h5-10,12,18H,11H2,1-4H3,(H,22,28)(H,23,24). The van der Waals surface area contributed by atoms with Crippen molar-refractivity contribution >= 4 is 29.0 Å². The van der Waals surface area contributed by atoms with Gasteiger partial charge in [0.2, 0.25) is 0 Å². The number of rotatable bonds is 4. The number of ether oxygens (including phenoxy) is 3. The fourth-order valence-corrected chi connectivity index (χ4v) is 3.08. The molecule has 0 fully saturated rings. The second-order valence-corrected chi connectivity index (χ2v) is 7.93. The molecule has 0 saturated heterocycles. The smallest absolute Gasteiger partial charge is 0.408 e. The predicted octanol–water partition coefficient (Wildman–Crippen LogP) is 4.68. The Hall–Kier alpha value is -2.80. The zero-order valence-electron chi connectivity index (χ0n) is 16.4.